The molecular weight excluding hydrogens is 412 g/mol. The molecule has 0 saturated carbocycles. The smallest absolute Gasteiger partial charge is 0.280 e. The van der Waals surface area contributed by atoms with E-state index in [1.54, 1.807) is 41.8 Å². The highest BCUT2D eigenvalue weighted by molar-refractivity contribution is 7.03. The van der Waals surface area contributed by atoms with Crippen LogP contribution in [0, 0.1) is 0 Å². The Morgan fingerprint density at radius 2 is 2.00 bits per heavy atom. The van der Waals surface area contributed by atoms with Gasteiger partial charge in [-0.05, 0) is 68.2 Å². The summed E-state index contributed by atoms with van der Waals surface area (Å²) in [5, 5.41) is 8.94. The molecule has 1 atom stereocenters. The Morgan fingerprint density at radius 1 is 1.28 bits per heavy atom. The summed E-state index contributed by atoms with van der Waals surface area (Å²) in [7, 11) is 0. The number of carbonyl (C=O) groups is 2. The van der Waals surface area contributed by atoms with Gasteiger partial charge in [-0.1, -0.05) is 23.0 Å². The second kappa shape index (κ2) is 8.75. The van der Waals surface area contributed by atoms with Crippen molar-refractivity contribution in [3.05, 3.63) is 64.5 Å². The molecule has 3 aromatic rings. The molecule has 0 spiro atoms. The SMILES string of the molecule is CCC(C)(C)NC(=O)[C@@H](c1ccco1)N(C(=O)c1csnn1)c1ccc(Cl)cc1. The minimum absolute atomic E-state index is 0.143. The molecule has 0 aliphatic carbocycles. The van der Waals surface area contributed by atoms with Crippen LogP contribution in [0.25, 0.3) is 0 Å². The number of nitrogens with zero attached hydrogens (tertiary/aromatic N) is 3. The number of carbonyl (C=O) groups excluding carboxylic acids is 2. The van der Waals surface area contributed by atoms with Gasteiger partial charge in [-0.3, -0.25) is 14.5 Å². The number of nitrogens with one attached hydrogen (secondary N) is 1. The summed E-state index contributed by atoms with van der Waals surface area (Å²) in [5.41, 5.74) is 0.168. The van der Waals surface area contributed by atoms with E-state index in [1.807, 2.05) is 20.8 Å². The van der Waals surface area contributed by atoms with Gasteiger partial charge < -0.3 is 9.73 Å². The summed E-state index contributed by atoms with van der Waals surface area (Å²) in [6.07, 6.45) is 2.18. The van der Waals surface area contributed by atoms with E-state index >= 15 is 0 Å². The summed E-state index contributed by atoms with van der Waals surface area (Å²) in [6.45, 7) is 5.82. The van der Waals surface area contributed by atoms with Gasteiger partial charge in [0, 0.05) is 21.6 Å². The first kappa shape index (κ1) is 21.0. The fraction of sp³-hybridized carbons (Fsp3) is 0.300. The molecule has 0 aliphatic heterocycles. The standard InChI is InChI=1S/C20H21ClN4O3S/c1-4-20(2,3)22-18(26)17(16-6-5-11-28-16)25(14-9-7-13(21)8-10-14)19(27)15-12-29-24-23-15/h5-12,17H,4H2,1-3H3,(H,22,26)/t17-/m1/s1. The molecule has 2 heterocycles. The van der Waals surface area contributed by atoms with Crippen molar-refractivity contribution in [3.8, 4) is 0 Å². The molecule has 1 N–H and O–H groups in total. The van der Waals surface area contributed by atoms with Crippen LogP contribution >= 0.6 is 23.1 Å². The van der Waals surface area contributed by atoms with Crippen LogP contribution < -0.4 is 10.2 Å². The van der Waals surface area contributed by atoms with E-state index in [-0.39, 0.29) is 11.6 Å². The Kier molecular flexibility index (Phi) is 6.34. The Bertz CT molecular complexity index is 956. The lowest BCUT2D eigenvalue weighted by atomic mass is 10.0. The van der Waals surface area contributed by atoms with Crippen LogP contribution in [-0.2, 0) is 4.79 Å². The predicted molar refractivity (Wildman–Crippen MR) is 112 cm³/mol. The highest BCUT2D eigenvalue weighted by atomic mass is 35.5. The van der Waals surface area contributed by atoms with Gasteiger partial charge >= 0.3 is 0 Å². The quantitative estimate of drug-likeness (QED) is 0.594. The van der Waals surface area contributed by atoms with Crippen LogP contribution in [0.2, 0.25) is 5.02 Å². The Balaban J connectivity index is 2.10. The molecule has 29 heavy (non-hydrogen) atoms. The van der Waals surface area contributed by atoms with Crippen molar-refractivity contribution in [2.45, 2.75) is 38.8 Å². The number of furan rings is 1. The second-order valence-corrected chi connectivity index (χ2v) is 8.13. The highest BCUT2D eigenvalue weighted by Gasteiger charge is 2.37. The van der Waals surface area contributed by atoms with Crippen molar-refractivity contribution >= 4 is 40.6 Å². The number of anilines is 1. The van der Waals surface area contributed by atoms with Crippen LogP contribution in [0.1, 0.15) is 49.5 Å². The minimum atomic E-state index is -1.04. The summed E-state index contributed by atoms with van der Waals surface area (Å²) in [4.78, 5) is 28.0. The second-order valence-electron chi connectivity index (χ2n) is 7.09. The highest BCUT2D eigenvalue weighted by Crippen LogP contribution is 2.31. The van der Waals surface area contributed by atoms with Crippen molar-refractivity contribution < 1.29 is 14.0 Å². The molecule has 3 rings (SSSR count). The zero-order valence-corrected chi connectivity index (χ0v) is 17.8. The third kappa shape index (κ3) is 4.83. The Hall–Kier alpha value is -2.71. The molecule has 152 valence electrons. The van der Waals surface area contributed by atoms with E-state index in [4.69, 9.17) is 16.0 Å². The molecule has 2 amide bonds. The molecule has 2 aromatic heterocycles. The van der Waals surface area contributed by atoms with Crippen molar-refractivity contribution in [1.29, 1.82) is 0 Å². The van der Waals surface area contributed by atoms with E-state index in [1.165, 1.54) is 11.2 Å². The summed E-state index contributed by atoms with van der Waals surface area (Å²) < 4.78 is 9.32. The van der Waals surface area contributed by atoms with Crippen LogP contribution in [0.15, 0.2) is 52.5 Å². The number of aromatic nitrogens is 2. The first-order chi connectivity index (χ1) is 13.8. The molecule has 9 heteroatoms. The van der Waals surface area contributed by atoms with Crippen LogP contribution in [0.3, 0.4) is 0 Å². The first-order valence-electron chi connectivity index (χ1n) is 9.04. The Labute approximate surface area is 177 Å². The van der Waals surface area contributed by atoms with Gasteiger partial charge in [0.15, 0.2) is 11.7 Å². The molecule has 0 saturated heterocycles. The predicted octanol–water partition coefficient (Wildman–Crippen LogP) is 4.48. The third-order valence-electron chi connectivity index (χ3n) is 4.57. The first-order valence-corrected chi connectivity index (χ1v) is 10.3. The van der Waals surface area contributed by atoms with Gasteiger partial charge in [0.2, 0.25) is 0 Å². The number of halogens is 1. The lowest BCUT2D eigenvalue weighted by molar-refractivity contribution is -0.124. The number of hydrogen-bond acceptors (Lipinski definition) is 6. The van der Waals surface area contributed by atoms with Gasteiger partial charge in [-0.2, -0.15) is 0 Å². The van der Waals surface area contributed by atoms with Crippen molar-refractivity contribution in [1.82, 2.24) is 14.9 Å². The van der Waals surface area contributed by atoms with Crippen molar-refractivity contribution in [2.75, 3.05) is 4.90 Å². The van der Waals surface area contributed by atoms with Gasteiger partial charge in [0.25, 0.3) is 11.8 Å². The summed E-state index contributed by atoms with van der Waals surface area (Å²) in [6, 6.07) is 8.97. The number of hydrogen-bond donors (Lipinski definition) is 1. The average molecular weight is 433 g/mol. The monoisotopic (exact) mass is 432 g/mol. The number of rotatable bonds is 7. The van der Waals surface area contributed by atoms with Gasteiger partial charge in [-0.25, -0.2) is 0 Å². The van der Waals surface area contributed by atoms with Crippen LogP contribution in [0.4, 0.5) is 5.69 Å². The Morgan fingerprint density at radius 3 is 2.55 bits per heavy atom. The normalized spacial score (nSPS) is 12.4. The minimum Gasteiger partial charge on any atom is -0.467 e. The van der Waals surface area contributed by atoms with E-state index in [9.17, 15) is 9.59 Å². The molecule has 0 unspecified atom stereocenters. The summed E-state index contributed by atoms with van der Waals surface area (Å²) >= 11 is 7.08. The molecule has 0 aliphatic rings. The van der Waals surface area contributed by atoms with E-state index in [0.29, 0.717) is 22.9 Å². The summed E-state index contributed by atoms with van der Waals surface area (Å²) in [5.74, 6) is -0.494. The molecular formula is C20H21ClN4O3S. The van der Waals surface area contributed by atoms with E-state index in [2.05, 4.69) is 14.9 Å². The van der Waals surface area contributed by atoms with Crippen LogP contribution in [-0.4, -0.2) is 26.9 Å². The van der Waals surface area contributed by atoms with Gasteiger partial charge in [0.1, 0.15) is 5.76 Å². The maximum Gasteiger partial charge on any atom is 0.280 e. The van der Waals surface area contributed by atoms with Crippen molar-refractivity contribution in [3.63, 3.8) is 0 Å². The average Bonchev–Trinajstić information content (AvgIpc) is 3.40. The zero-order valence-electron chi connectivity index (χ0n) is 16.3. The molecule has 7 nitrogen and oxygen atoms in total. The lowest BCUT2D eigenvalue weighted by Gasteiger charge is -2.33. The maximum absolute atomic E-state index is 13.3. The van der Waals surface area contributed by atoms with Gasteiger partial charge in [-0.15, -0.1) is 5.10 Å². The van der Waals surface area contributed by atoms with Crippen LogP contribution in [0.5, 0.6) is 0 Å². The fourth-order valence-electron chi connectivity index (χ4n) is 2.68. The number of amides is 2. The molecule has 0 radical (unpaired) electrons. The zero-order chi connectivity index (χ0) is 21.0. The van der Waals surface area contributed by atoms with E-state index in [0.717, 1.165) is 11.5 Å². The largest absolute Gasteiger partial charge is 0.467 e. The fourth-order valence-corrected chi connectivity index (χ4v) is 3.23. The molecule has 0 bridgehead atoms. The van der Waals surface area contributed by atoms with Crippen molar-refractivity contribution in [2.24, 2.45) is 0 Å². The van der Waals surface area contributed by atoms with Gasteiger partial charge in [0.05, 0.1) is 6.26 Å². The third-order valence-corrected chi connectivity index (χ3v) is 5.32. The lowest BCUT2D eigenvalue weighted by Crippen LogP contribution is -2.50. The molecule has 1 aromatic carbocycles. The topological polar surface area (TPSA) is 88.3 Å². The number of benzene rings is 1. The molecule has 0 fully saturated rings. The maximum atomic E-state index is 13.3. The van der Waals surface area contributed by atoms with E-state index < -0.39 is 17.5 Å².